The summed E-state index contributed by atoms with van der Waals surface area (Å²) < 4.78 is 6.37. The van der Waals surface area contributed by atoms with Crippen LogP contribution in [0.15, 0.2) is 41.2 Å². The molecule has 0 radical (unpaired) electrons. The summed E-state index contributed by atoms with van der Waals surface area (Å²) >= 11 is 2.35. The third-order valence-corrected chi connectivity index (χ3v) is 3.85. The van der Waals surface area contributed by atoms with Gasteiger partial charge in [-0.3, -0.25) is 0 Å². The van der Waals surface area contributed by atoms with Crippen molar-refractivity contribution in [2.45, 2.75) is 19.9 Å². The molecule has 1 N–H and O–H groups in total. The van der Waals surface area contributed by atoms with Crippen molar-refractivity contribution in [2.75, 3.05) is 5.32 Å². The Morgan fingerprint density at radius 2 is 2.12 bits per heavy atom. The molecule has 2 aromatic rings. The third-order valence-electron chi connectivity index (χ3n) is 2.68. The van der Waals surface area contributed by atoms with Gasteiger partial charge in [0.2, 0.25) is 0 Å². The molecular formula is C13H14INO. The van der Waals surface area contributed by atoms with Gasteiger partial charge in [0.1, 0.15) is 0 Å². The largest absolute Gasteiger partial charge is 0.472 e. The fraction of sp³-hybridized carbons (Fsp3) is 0.231. The number of hydrogen-bond donors (Lipinski definition) is 1. The highest BCUT2D eigenvalue weighted by molar-refractivity contribution is 14.1. The van der Waals surface area contributed by atoms with E-state index in [2.05, 4.69) is 60.0 Å². The Morgan fingerprint density at radius 3 is 2.81 bits per heavy atom. The van der Waals surface area contributed by atoms with Crippen LogP contribution in [0, 0.1) is 10.5 Å². The number of anilines is 1. The van der Waals surface area contributed by atoms with Gasteiger partial charge in [-0.1, -0.05) is 6.07 Å². The van der Waals surface area contributed by atoms with Crippen molar-refractivity contribution in [1.82, 2.24) is 0 Å². The van der Waals surface area contributed by atoms with Gasteiger partial charge in [-0.2, -0.15) is 0 Å². The molecule has 84 valence electrons. The zero-order valence-corrected chi connectivity index (χ0v) is 11.5. The summed E-state index contributed by atoms with van der Waals surface area (Å²) in [7, 11) is 0. The summed E-state index contributed by atoms with van der Waals surface area (Å²) in [6.07, 6.45) is 3.48. The lowest BCUT2D eigenvalue weighted by molar-refractivity contribution is 0.562. The van der Waals surface area contributed by atoms with Crippen molar-refractivity contribution in [2.24, 2.45) is 0 Å². The number of furan rings is 1. The summed E-state index contributed by atoms with van der Waals surface area (Å²) in [6, 6.07) is 8.54. The summed E-state index contributed by atoms with van der Waals surface area (Å²) in [5, 5.41) is 3.49. The van der Waals surface area contributed by atoms with Crippen LogP contribution in [0.1, 0.15) is 24.1 Å². The quantitative estimate of drug-likeness (QED) is 0.847. The van der Waals surface area contributed by atoms with Gasteiger partial charge in [-0.15, -0.1) is 0 Å². The fourth-order valence-corrected chi connectivity index (χ4v) is 2.10. The molecule has 0 aliphatic rings. The molecular weight excluding hydrogens is 313 g/mol. The van der Waals surface area contributed by atoms with E-state index < -0.39 is 0 Å². The van der Waals surface area contributed by atoms with Crippen LogP contribution < -0.4 is 5.32 Å². The second-order valence-electron chi connectivity index (χ2n) is 3.84. The summed E-state index contributed by atoms with van der Waals surface area (Å²) in [4.78, 5) is 0. The molecule has 2 rings (SSSR count). The lowest BCUT2D eigenvalue weighted by Crippen LogP contribution is -2.07. The van der Waals surface area contributed by atoms with E-state index in [0.29, 0.717) is 0 Å². The van der Waals surface area contributed by atoms with Crippen molar-refractivity contribution in [1.29, 1.82) is 0 Å². The maximum atomic E-state index is 5.09. The number of rotatable bonds is 3. The standard InChI is InChI=1S/C13H14INO/c1-9-12(14)4-3-5-13(9)15-10(2)11-6-7-16-8-11/h3-8,10,15H,1-2H3. The number of nitrogens with one attached hydrogen (secondary N) is 1. The Kier molecular flexibility index (Phi) is 3.53. The maximum Gasteiger partial charge on any atom is 0.0955 e. The SMILES string of the molecule is Cc1c(I)cccc1NC(C)c1ccoc1. The molecule has 3 heteroatoms. The first-order valence-electron chi connectivity index (χ1n) is 5.22. The Labute approximate surface area is 109 Å². The summed E-state index contributed by atoms with van der Waals surface area (Å²) in [5.74, 6) is 0. The van der Waals surface area contributed by atoms with Crippen LogP contribution in [0.4, 0.5) is 5.69 Å². The van der Waals surface area contributed by atoms with Crippen molar-refractivity contribution in [3.63, 3.8) is 0 Å². The Morgan fingerprint density at radius 1 is 1.31 bits per heavy atom. The van der Waals surface area contributed by atoms with Gasteiger partial charge in [0.25, 0.3) is 0 Å². The van der Waals surface area contributed by atoms with Gasteiger partial charge in [0.15, 0.2) is 0 Å². The van der Waals surface area contributed by atoms with Crippen LogP contribution in [0.3, 0.4) is 0 Å². The van der Waals surface area contributed by atoms with Gasteiger partial charge in [0.05, 0.1) is 18.6 Å². The topological polar surface area (TPSA) is 25.2 Å². The number of hydrogen-bond acceptors (Lipinski definition) is 2. The van der Waals surface area contributed by atoms with Gasteiger partial charge >= 0.3 is 0 Å². The first-order chi connectivity index (χ1) is 7.68. The molecule has 1 atom stereocenters. The molecule has 0 saturated heterocycles. The fourth-order valence-electron chi connectivity index (χ4n) is 1.60. The average Bonchev–Trinajstić information content (AvgIpc) is 2.78. The van der Waals surface area contributed by atoms with Crippen molar-refractivity contribution >= 4 is 28.3 Å². The molecule has 0 amide bonds. The van der Waals surface area contributed by atoms with E-state index in [1.807, 2.05) is 6.07 Å². The first-order valence-corrected chi connectivity index (χ1v) is 6.30. The zero-order chi connectivity index (χ0) is 11.5. The second kappa shape index (κ2) is 4.91. The minimum absolute atomic E-state index is 0.260. The zero-order valence-electron chi connectivity index (χ0n) is 9.33. The van der Waals surface area contributed by atoms with E-state index in [0.717, 1.165) is 0 Å². The number of benzene rings is 1. The van der Waals surface area contributed by atoms with E-state index in [4.69, 9.17) is 4.42 Å². The lowest BCUT2D eigenvalue weighted by Gasteiger charge is -2.16. The molecule has 1 aromatic carbocycles. The lowest BCUT2D eigenvalue weighted by atomic mass is 10.1. The van der Waals surface area contributed by atoms with E-state index in [1.54, 1.807) is 12.5 Å². The summed E-state index contributed by atoms with van der Waals surface area (Å²) in [5.41, 5.74) is 3.64. The molecule has 0 aliphatic carbocycles. The highest BCUT2D eigenvalue weighted by Gasteiger charge is 2.08. The van der Waals surface area contributed by atoms with Crippen LogP contribution in [0.25, 0.3) is 0 Å². The van der Waals surface area contributed by atoms with Crippen LogP contribution in [0.5, 0.6) is 0 Å². The van der Waals surface area contributed by atoms with E-state index in [1.165, 1.54) is 20.4 Å². The van der Waals surface area contributed by atoms with Crippen molar-refractivity contribution < 1.29 is 4.42 Å². The Hall–Kier alpha value is -0.970. The highest BCUT2D eigenvalue weighted by Crippen LogP contribution is 2.25. The van der Waals surface area contributed by atoms with E-state index in [-0.39, 0.29) is 6.04 Å². The van der Waals surface area contributed by atoms with Crippen molar-refractivity contribution in [3.05, 3.63) is 51.5 Å². The molecule has 0 aliphatic heterocycles. The van der Waals surface area contributed by atoms with Crippen LogP contribution in [-0.4, -0.2) is 0 Å². The normalized spacial score (nSPS) is 12.4. The van der Waals surface area contributed by atoms with Gasteiger partial charge < -0.3 is 9.73 Å². The molecule has 1 unspecified atom stereocenters. The molecule has 0 saturated carbocycles. The molecule has 0 bridgehead atoms. The molecule has 16 heavy (non-hydrogen) atoms. The van der Waals surface area contributed by atoms with E-state index in [9.17, 15) is 0 Å². The summed E-state index contributed by atoms with van der Waals surface area (Å²) in [6.45, 7) is 4.26. The predicted octanol–water partition coefficient (Wildman–Crippen LogP) is 4.37. The monoisotopic (exact) mass is 327 g/mol. The van der Waals surface area contributed by atoms with Gasteiger partial charge in [-0.05, 0) is 60.2 Å². The first kappa shape index (κ1) is 11.5. The third kappa shape index (κ3) is 2.40. The van der Waals surface area contributed by atoms with Crippen LogP contribution in [-0.2, 0) is 0 Å². The molecule has 2 nitrogen and oxygen atoms in total. The van der Waals surface area contributed by atoms with E-state index >= 15 is 0 Å². The smallest absolute Gasteiger partial charge is 0.0955 e. The van der Waals surface area contributed by atoms with Crippen molar-refractivity contribution in [3.8, 4) is 0 Å². The van der Waals surface area contributed by atoms with Gasteiger partial charge in [0, 0.05) is 14.8 Å². The minimum atomic E-state index is 0.260. The molecule has 0 fully saturated rings. The van der Waals surface area contributed by atoms with Crippen LogP contribution in [0.2, 0.25) is 0 Å². The second-order valence-corrected chi connectivity index (χ2v) is 5.00. The predicted molar refractivity (Wildman–Crippen MR) is 74.6 cm³/mol. The molecule has 0 spiro atoms. The minimum Gasteiger partial charge on any atom is -0.472 e. The highest BCUT2D eigenvalue weighted by atomic mass is 127. The molecule has 1 aromatic heterocycles. The van der Waals surface area contributed by atoms with Crippen LogP contribution >= 0.6 is 22.6 Å². The van der Waals surface area contributed by atoms with Gasteiger partial charge in [-0.25, -0.2) is 0 Å². The Balaban J connectivity index is 2.18. The maximum absolute atomic E-state index is 5.09. The average molecular weight is 327 g/mol. The number of halogens is 1. The molecule has 1 heterocycles. The Bertz CT molecular complexity index is 465.